The van der Waals surface area contributed by atoms with Crippen molar-refractivity contribution in [2.75, 3.05) is 13.1 Å². The third-order valence-corrected chi connectivity index (χ3v) is 5.22. The SMILES string of the molecule is CC(CNC(=O)CCCNC(=O)c1ccco1)c1nc2ccccc2s1. The fraction of sp³-hybridized carbons (Fsp3) is 0.316. The molecular weight excluding hydrogens is 350 g/mol. The quantitative estimate of drug-likeness (QED) is 0.595. The second-order valence-electron chi connectivity index (χ2n) is 6.06. The smallest absolute Gasteiger partial charge is 0.286 e. The Morgan fingerprint density at radius 2 is 2.04 bits per heavy atom. The van der Waals surface area contributed by atoms with Crippen molar-refractivity contribution in [3.8, 4) is 0 Å². The Balaban J connectivity index is 1.36. The van der Waals surface area contributed by atoms with E-state index < -0.39 is 0 Å². The van der Waals surface area contributed by atoms with E-state index in [0.717, 1.165) is 15.2 Å². The van der Waals surface area contributed by atoms with Gasteiger partial charge in [-0.15, -0.1) is 11.3 Å². The lowest BCUT2D eigenvalue weighted by atomic mass is 10.2. The van der Waals surface area contributed by atoms with Gasteiger partial charge in [0.05, 0.1) is 21.5 Å². The normalized spacial score (nSPS) is 12.0. The molecule has 1 atom stereocenters. The fourth-order valence-corrected chi connectivity index (χ4v) is 3.51. The van der Waals surface area contributed by atoms with E-state index in [1.807, 2.05) is 18.2 Å². The summed E-state index contributed by atoms with van der Waals surface area (Å²) in [4.78, 5) is 28.3. The number of hydrogen-bond acceptors (Lipinski definition) is 5. The van der Waals surface area contributed by atoms with Crippen LogP contribution in [0.5, 0.6) is 0 Å². The molecule has 136 valence electrons. The molecule has 2 N–H and O–H groups in total. The summed E-state index contributed by atoms with van der Waals surface area (Å²) in [5.41, 5.74) is 0.998. The van der Waals surface area contributed by atoms with Crippen LogP contribution in [0.4, 0.5) is 0 Å². The van der Waals surface area contributed by atoms with E-state index in [2.05, 4.69) is 28.6 Å². The Kier molecular flexibility index (Phi) is 6.01. The van der Waals surface area contributed by atoms with Gasteiger partial charge in [0.1, 0.15) is 0 Å². The van der Waals surface area contributed by atoms with E-state index in [4.69, 9.17) is 4.42 Å². The summed E-state index contributed by atoms with van der Waals surface area (Å²) in [5.74, 6) is 0.152. The van der Waals surface area contributed by atoms with E-state index >= 15 is 0 Å². The third kappa shape index (κ3) is 4.70. The van der Waals surface area contributed by atoms with Gasteiger partial charge in [-0.1, -0.05) is 19.1 Å². The molecule has 3 aromatic rings. The van der Waals surface area contributed by atoms with Crippen molar-refractivity contribution in [2.24, 2.45) is 0 Å². The van der Waals surface area contributed by atoms with Crippen molar-refractivity contribution in [3.05, 3.63) is 53.4 Å². The molecule has 2 amide bonds. The highest BCUT2D eigenvalue weighted by Crippen LogP contribution is 2.26. The van der Waals surface area contributed by atoms with Crippen molar-refractivity contribution in [1.29, 1.82) is 0 Å². The lowest BCUT2D eigenvalue weighted by Gasteiger charge is -2.10. The van der Waals surface area contributed by atoms with Crippen LogP contribution in [0.15, 0.2) is 47.1 Å². The molecule has 26 heavy (non-hydrogen) atoms. The predicted octanol–water partition coefficient (Wildman–Crippen LogP) is 3.32. The Morgan fingerprint density at radius 3 is 2.81 bits per heavy atom. The topological polar surface area (TPSA) is 84.2 Å². The molecule has 0 radical (unpaired) electrons. The molecule has 0 bridgehead atoms. The monoisotopic (exact) mass is 371 g/mol. The van der Waals surface area contributed by atoms with Crippen LogP contribution in [0, 0.1) is 0 Å². The van der Waals surface area contributed by atoms with Gasteiger partial charge in [-0.05, 0) is 30.7 Å². The summed E-state index contributed by atoms with van der Waals surface area (Å²) < 4.78 is 6.17. The summed E-state index contributed by atoms with van der Waals surface area (Å²) in [6, 6.07) is 11.3. The number of para-hydroxylation sites is 1. The minimum absolute atomic E-state index is 0.0230. The Hall–Kier alpha value is -2.67. The maximum atomic E-state index is 12.0. The zero-order chi connectivity index (χ0) is 18.4. The zero-order valence-corrected chi connectivity index (χ0v) is 15.3. The number of hydrogen-bond donors (Lipinski definition) is 2. The fourth-order valence-electron chi connectivity index (χ4n) is 2.49. The van der Waals surface area contributed by atoms with Gasteiger partial charge in [0.25, 0.3) is 5.91 Å². The van der Waals surface area contributed by atoms with Gasteiger partial charge in [0.15, 0.2) is 5.76 Å². The predicted molar refractivity (Wildman–Crippen MR) is 101 cm³/mol. The van der Waals surface area contributed by atoms with Crippen LogP contribution >= 0.6 is 11.3 Å². The van der Waals surface area contributed by atoms with Crippen molar-refractivity contribution < 1.29 is 14.0 Å². The number of thiazole rings is 1. The van der Waals surface area contributed by atoms with Crippen molar-refractivity contribution in [2.45, 2.75) is 25.7 Å². The maximum Gasteiger partial charge on any atom is 0.286 e. The van der Waals surface area contributed by atoms with E-state index in [-0.39, 0.29) is 23.5 Å². The molecule has 0 saturated carbocycles. The minimum atomic E-state index is -0.264. The van der Waals surface area contributed by atoms with Crippen LogP contribution in [0.25, 0.3) is 10.2 Å². The number of nitrogens with one attached hydrogen (secondary N) is 2. The number of carbonyl (C=O) groups is 2. The number of amides is 2. The highest BCUT2D eigenvalue weighted by molar-refractivity contribution is 7.18. The van der Waals surface area contributed by atoms with Gasteiger partial charge in [-0.25, -0.2) is 4.98 Å². The van der Waals surface area contributed by atoms with Crippen LogP contribution in [0.3, 0.4) is 0 Å². The molecule has 3 rings (SSSR count). The van der Waals surface area contributed by atoms with Gasteiger partial charge in [0, 0.05) is 25.4 Å². The highest BCUT2D eigenvalue weighted by atomic mass is 32.1. The Labute approximate surface area is 155 Å². The van der Waals surface area contributed by atoms with Crippen LogP contribution in [0.2, 0.25) is 0 Å². The molecule has 6 nitrogen and oxygen atoms in total. The molecular formula is C19H21N3O3S. The molecule has 0 aliphatic rings. The van der Waals surface area contributed by atoms with Crippen molar-refractivity contribution in [3.63, 3.8) is 0 Å². The van der Waals surface area contributed by atoms with Crippen LogP contribution in [0.1, 0.15) is 41.2 Å². The number of benzene rings is 1. The van der Waals surface area contributed by atoms with Crippen LogP contribution in [-0.4, -0.2) is 29.9 Å². The molecule has 0 fully saturated rings. The number of nitrogens with zero attached hydrogens (tertiary/aromatic N) is 1. The van der Waals surface area contributed by atoms with Gasteiger partial charge in [0.2, 0.25) is 5.91 Å². The molecule has 1 unspecified atom stereocenters. The first-order chi connectivity index (χ1) is 12.6. The minimum Gasteiger partial charge on any atom is -0.459 e. The van der Waals surface area contributed by atoms with Crippen molar-refractivity contribution >= 4 is 33.4 Å². The standard InChI is InChI=1S/C19H21N3O3S/c1-13(19-22-14-6-2-3-8-16(14)26-19)12-21-17(23)9-4-10-20-18(24)15-7-5-11-25-15/h2-3,5-8,11,13H,4,9-10,12H2,1H3,(H,20,24)(H,21,23). The zero-order valence-electron chi connectivity index (χ0n) is 14.5. The summed E-state index contributed by atoms with van der Waals surface area (Å²) >= 11 is 1.66. The van der Waals surface area contributed by atoms with E-state index in [0.29, 0.717) is 25.9 Å². The molecule has 1 aromatic carbocycles. The van der Waals surface area contributed by atoms with Crippen LogP contribution < -0.4 is 10.6 Å². The number of carbonyl (C=O) groups excluding carboxylic acids is 2. The molecule has 2 aromatic heterocycles. The largest absolute Gasteiger partial charge is 0.459 e. The van der Waals surface area contributed by atoms with E-state index in [1.54, 1.807) is 23.5 Å². The molecule has 0 spiro atoms. The van der Waals surface area contributed by atoms with Crippen LogP contribution in [-0.2, 0) is 4.79 Å². The summed E-state index contributed by atoms with van der Waals surface area (Å²) in [7, 11) is 0. The van der Waals surface area contributed by atoms with Gasteiger partial charge >= 0.3 is 0 Å². The number of furan rings is 1. The lowest BCUT2D eigenvalue weighted by molar-refractivity contribution is -0.121. The number of fused-ring (bicyclic) bond motifs is 1. The maximum absolute atomic E-state index is 12.0. The molecule has 0 saturated heterocycles. The first-order valence-corrected chi connectivity index (χ1v) is 9.39. The molecule has 2 heterocycles. The Bertz CT molecular complexity index is 840. The highest BCUT2D eigenvalue weighted by Gasteiger charge is 2.13. The second-order valence-corrected chi connectivity index (χ2v) is 7.12. The van der Waals surface area contributed by atoms with E-state index in [9.17, 15) is 9.59 Å². The summed E-state index contributed by atoms with van der Waals surface area (Å²) in [6.07, 6.45) is 2.40. The van der Waals surface area contributed by atoms with Gasteiger partial charge < -0.3 is 15.1 Å². The summed E-state index contributed by atoms with van der Waals surface area (Å²) in [6.45, 7) is 3.04. The van der Waals surface area contributed by atoms with Gasteiger partial charge in [-0.2, -0.15) is 0 Å². The molecule has 0 aliphatic carbocycles. The molecule has 0 aliphatic heterocycles. The third-order valence-electron chi connectivity index (χ3n) is 3.95. The second kappa shape index (κ2) is 8.62. The average Bonchev–Trinajstić information content (AvgIpc) is 3.32. The first-order valence-electron chi connectivity index (χ1n) is 8.57. The molecule has 7 heteroatoms. The lowest BCUT2D eigenvalue weighted by Crippen LogP contribution is -2.29. The number of aromatic nitrogens is 1. The first kappa shape index (κ1) is 18.1. The summed E-state index contributed by atoms with van der Waals surface area (Å²) in [5, 5.41) is 6.69. The van der Waals surface area contributed by atoms with E-state index in [1.165, 1.54) is 6.26 Å². The van der Waals surface area contributed by atoms with Gasteiger partial charge in [-0.3, -0.25) is 9.59 Å². The number of rotatable bonds is 8. The average molecular weight is 371 g/mol. The Morgan fingerprint density at radius 1 is 1.19 bits per heavy atom. The van der Waals surface area contributed by atoms with Crippen molar-refractivity contribution in [1.82, 2.24) is 15.6 Å².